The van der Waals surface area contributed by atoms with Crippen LogP contribution in [0.15, 0.2) is 65.6 Å². The van der Waals surface area contributed by atoms with Crippen LogP contribution >= 0.6 is 0 Å². The molecular weight excluding hydrogens is 326 g/mol. The second-order valence-corrected chi connectivity index (χ2v) is 7.21. The highest BCUT2D eigenvalue weighted by Gasteiger charge is 2.18. The SMILES string of the molecule is CC(NS(=O)(=O)Cc1ccon1)c1ccc(-c2cccnc2)cc1. The fraction of sp³-hybridized carbons (Fsp3) is 0.176. The molecule has 3 rings (SSSR count). The minimum absolute atomic E-state index is 0.207. The summed E-state index contributed by atoms with van der Waals surface area (Å²) >= 11 is 0. The second kappa shape index (κ2) is 6.94. The average Bonchev–Trinajstić information content (AvgIpc) is 3.07. The zero-order chi connectivity index (χ0) is 17.0. The Balaban J connectivity index is 1.70. The molecule has 0 saturated heterocycles. The number of benzene rings is 1. The zero-order valence-electron chi connectivity index (χ0n) is 13.1. The summed E-state index contributed by atoms with van der Waals surface area (Å²) in [5.74, 6) is -0.207. The van der Waals surface area contributed by atoms with E-state index in [1.54, 1.807) is 19.3 Å². The summed E-state index contributed by atoms with van der Waals surface area (Å²) < 4.78 is 31.6. The minimum Gasteiger partial charge on any atom is -0.364 e. The first-order valence-electron chi connectivity index (χ1n) is 7.43. The molecule has 0 saturated carbocycles. The maximum absolute atomic E-state index is 12.2. The van der Waals surface area contributed by atoms with E-state index >= 15 is 0 Å². The Labute approximate surface area is 140 Å². The Bertz CT molecular complexity index is 877. The van der Waals surface area contributed by atoms with Crippen molar-refractivity contribution in [3.63, 3.8) is 0 Å². The van der Waals surface area contributed by atoms with E-state index < -0.39 is 10.0 Å². The van der Waals surface area contributed by atoms with Gasteiger partial charge in [0.05, 0.1) is 5.69 Å². The second-order valence-electron chi connectivity index (χ2n) is 5.45. The van der Waals surface area contributed by atoms with Gasteiger partial charge in [0.15, 0.2) is 0 Å². The van der Waals surface area contributed by atoms with E-state index in [0.717, 1.165) is 16.7 Å². The molecule has 1 atom stereocenters. The van der Waals surface area contributed by atoms with Crippen molar-refractivity contribution < 1.29 is 12.9 Å². The van der Waals surface area contributed by atoms with Crippen LogP contribution < -0.4 is 4.72 Å². The van der Waals surface area contributed by atoms with E-state index in [4.69, 9.17) is 0 Å². The molecular formula is C17H17N3O3S. The summed E-state index contributed by atoms with van der Waals surface area (Å²) in [5.41, 5.74) is 3.31. The molecule has 2 aromatic heterocycles. The van der Waals surface area contributed by atoms with Gasteiger partial charge in [-0.3, -0.25) is 4.98 Å². The van der Waals surface area contributed by atoms with Gasteiger partial charge in [0.1, 0.15) is 12.0 Å². The number of pyridine rings is 1. The predicted octanol–water partition coefficient (Wildman–Crippen LogP) is 2.92. The molecule has 0 spiro atoms. The number of nitrogens with zero attached hydrogens (tertiary/aromatic N) is 2. The lowest BCUT2D eigenvalue weighted by molar-refractivity contribution is 0.413. The first kappa shape index (κ1) is 16.4. The van der Waals surface area contributed by atoms with Crippen molar-refractivity contribution in [2.75, 3.05) is 0 Å². The van der Waals surface area contributed by atoms with Gasteiger partial charge in [-0.15, -0.1) is 0 Å². The molecule has 3 aromatic rings. The third-order valence-corrected chi connectivity index (χ3v) is 4.98. The molecule has 0 aliphatic heterocycles. The zero-order valence-corrected chi connectivity index (χ0v) is 13.9. The molecule has 0 radical (unpaired) electrons. The standard InChI is InChI=1S/C17H17N3O3S/c1-13(20-24(21,22)12-17-8-10-23-19-17)14-4-6-15(7-5-14)16-3-2-9-18-11-16/h2-11,13,20H,12H2,1H3. The van der Waals surface area contributed by atoms with Gasteiger partial charge in [-0.2, -0.15) is 0 Å². The normalized spacial score (nSPS) is 12.9. The van der Waals surface area contributed by atoms with E-state index in [1.807, 2.05) is 36.4 Å². The van der Waals surface area contributed by atoms with Crippen LogP contribution in [0.1, 0.15) is 24.2 Å². The van der Waals surface area contributed by atoms with Gasteiger partial charge in [0, 0.05) is 24.5 Å². The molecule has 2 heterocycles. The summed E-state index contributed by atoms with van der Waals surface area (Å²) in [6.07, 6.45) is 4.87. The van der Waals surface area contributed by atoms with Gasteiger partial charge < -0.3 is 4.52 Å². The van der Waals surface area contributed by atoms with Crippen molar-refractivity contribution >= 4 is 10.0 Å². The summed E-state index contributed by atoms with van der Waals surface area (Å²) in [7, 11) is -3.50. The first-order chi connectivity index (χ1) is 11.5. The van der Waals surface area contributed by atoms with E-state index in [1.165, 1.54) is 12.3 Å². The van der Waals surface area contributed by atoms with Crippen LogP contribution in [0, 0.1) is 0 Å². The van der Waals surface area contributed by atoms with Gasteiger partial charge in [-0.1, -0.05) is 35.5 Å². The molecule has 0 amide bonds. The molecule has 0 bridgehead atoms. The maximum atomic E-state index is 12.2. The van der Waals surface area contributed by atoms with Gasteiger partial charge >= 0.3 is 0 Å². The van der Waals surface area contributed by atoms with Crippen molar-refractivity contribution in [1.29, 1.82) is 0 Å². The average molecular weight is 343 g/mol. The highest BCUT2D eigenvalue weighted by Crippen LogP contribution is 2.21. The summed E-state index contributed by atoms with van der Waals surface area (Å²) in [5, 5.41) is 3.63. The third-order valence-electron chi connectivity index (χ3n) is 3.59. The van der Waals surface area contributed by atoms with Crippen LogP contribution in [-0.4, -0.2) is 18.6 Å². The largest absolute Gasteiger partial charge is 0.364 e. The van der Waals surface area contributed by atoms with Gasteiger partial charge in [0.2, 0.25) is 10.0 Å². The predicted molar refractivity (Wildman–Crippen MR) is 90.4 cm³/mol. The fourth-order valence-electron chi connectivity index (χ4n) is 2.38. The molecule has 7 heteroatoms. The number of nitrogens with one attached hydrogen (secondary N) is 1. The number of rotatable bonds is 6. The van der Waals surface area contributed by atoms with Crippen molar-refractivity contribution in [1.82, 2.24) is 14.9 Å². The smallest absolute Gasteiger partial charge is 0.218 e. The lowest BCUT2D eigenvalue weighted by Crippen LogP contribution is -2.28. The molecule has 0 fully saturated rings. The van der Waals surface area contributed by atoms with Crippen LogP contribution in [0.25, 0.3) is 11.1 Å². The number of sulfonamides is 1. The van der Waals surface area contributed by atoms with Crippen LogP contribution in [0.4, 0.5) is 0 Å². The van der Waals surface area contributed by atoms with E-state index in [0.29, 0.717) is 5.69 Å². The van der Waals surface area contributed by atoms with Gasteiger partial charge in [0.25, 0.3) is 0 Å². The topological polar surface area (TPSA) is 85.1 Å². The molecule has 124 valence electrons. The molecule has 1 N–H and O–H groups in total. The minimum atomic E-state index is -3.50. The van der Waals surface area contributed by atoms with Crippen molar-refractivity contribution in [3.05, 3.63) is 72.4 Å². The lowest BCUT2D eigenvalue weighted by Gasteiger charge is -2.14. The molecule has 24 heavy (non-hydrogen) atoms. The van der Waals surface area contributed by atoms with Crippen molar-refractivity contribution in [2.24, 2.45) is 0 Å². The Hall–Kier alpha value is -2.51. The first-order valence-corrected chi connectivity index (χ1v) is 9.08. The Morgan fingerprint density at radius 1 is 1.12 bits per heavy atom. The van der Waals surface area contributed by atoms with E-state index in [-0.39, 0.29) is 11.8 Å². The number of hydrogen-bond acceptors (Lipinski definition) is 5. The van der Waals surface area contributed by atoms with E-state index in [9.17, 15) is 8.42 Å². The quantitative estimate of drug-likeness (QED) is 0.744. The van der Waals surface area contributed by atoms with Crippen LogP contribution in [0.5, 0.6) is 0 Å². The summed E-state index contributed by atoms with van der Waals surface area (Å²) in [6, 6.07) is 12.8. The van der Waals surface area contributed by atoms with Crippen LogP contribution in [0.2, 0.25) is 0 Å². The van der Waals surface area contributed by atoms with Crippen molar-refractivity contribution in [3.8, 4) is 11.1 Å². The third kappa shape index (κ3) is 4.06. The lowest BCUT2D eigenvalue weighted by atomic mass is 10.0. The van der Waals surface area contributed by atoms with Gasteiger partial charge in [-0.05, 0) is 29.7 Å². The Morgan fingerprint density at radius 2 is 1.92 bits per heavy atom. The molecule has 0 aliphatic carbocycles. The monoisotopic (exact) mass is 343 g/mol. The van der Waals surface area contributed by atoms with E-state index in [2.05, 4.69) is 19.4 Å². The van der Waals surface area contributed by atoms with Crippen LogP contribution in [0.3, 0.4) is 0 Å². The Morgan fingerprint density at radius 3 is 2.54 bits per heavy atom. The highest BCUT2D eigenvalue weighted by molar-refractivity contribution is 7.88. The summed E-state index contributed by atoms with van der Waals surface area (Å²) in [6.45, 7) is 1.80. The number of aromatic nitrogens is 2. The fourth-order valence-corrected chi connectivity index (χ4v) is 3.68. The van der Waals surface area contributed by atoms with Crippen LogP contribution in [-0.2, 0) is 15.8 Å². The highest BCUT2D eigenvalue weighted by atomic mass is 32.2. The molecule has 0 aliphatic rings. The Kier molecular flexibility index (Phi) is 4.73. The molecule has 1 aromatic carbocycles. The molecule has 6 nitrogen and oxygen atoms in total. The van der Waals surface area contributed by atoms with Gasteiger partial charge in [-0.25, -0.2) is 13.1 Å². The summed E-state index contributed by atoms with van der Waals surface area (Å²) in [4.78, 5) is 4.10. The molecule has 1 unspecified atom stereocenters. The van der Waals surface area contributed by atoms with Crippen molar-refractivity contribution in [2.45, 2.75) is 18.7 Å². The number of hydrogen-bond donors (Lipinski definition) is 1. The maximum Gasteiger partial charge on any atom is 0.218 e.